The maximum absolute atomic E-state index is 11.3. The fourth-order valence-corrected chi connectivity index (χ4v) is 1.61. The van der Waals surface area contributed by atoms with Crippen molar-refractivity contribution in [3.63, 3.8) is 0 Å². The molecule has 2 aromatic rings. The van der Waals surface area contributed by atoms with Crippen molar-refractivity contribution in [2.24, 2.45) is 5.73 Å². The van der Waals surface area contributed by atoms with Crippen LogP contribution in [0.3, 0.4) is 0 Å². The Labute approximate surface area is 128 Å². The molecule has 2 aromatic heterocycles. The summed E-state index contributed by atoms with van der Waals surface area (Å²) in [4.78, 5) is 15.6. The smallest absolute Gasteiger partial charge is 0.236 e. The highest BCUT2D eigenvalue weighted by Gasteiger charge is 2.08. The molecule has 0 aliphatic carbocycles. The fraction of sp³-hybridized carbons (Fsp3) is 0.273. The van der Waals surface area contributed by atoms with Gasteiger partial charge in [-0.25, -0.2) is 4.98 Å². The van der Waals surface area contributed by atoms with Gasteiger partial charge in [-0.1, -0.05) is 11.6 Å². The first-order chi connectivity index (χ1) is 8.06. The van der Waals surface area contributed by atoms with E-state index < -0.39 is 6.04 Å². The third-order valence-corrected chi connectivity index (χ3v) is 2.55. The summed E-state index contributed by atoms with van der Waals surface area (Å²) >= 11 is 5.86. The Morgan fingerprint density at radius 1 is 1.47 bits per heavy atom. The first-order valence-electron chi connectivity index (χ1n) is 5.22. The number of amides is 1. The highest BCUT2D eigenvalue weighted by Crippen LogP contribution is 2.11. The predicted molar refractivity (Wildman–Crippen MR) is 80.2 cm³/mol. The number of fused-ring (bicyclic) bond motifs is 1. The first kappa shape index (κ1) is 18.0. The van der Waals surface area contributed by atoms with Gasteiger partial charge in [-0.15, -0.1) is 24.8 Å². The van der Waals surface area contributed by atoms with Crippen LogP contribution in [-0.4, -0.2) is 21.3 Å². The number of pyridine rings is 1. The van der Waals surface area contributed by atoms with Crippen molar-refractivity contribution in [3.05, 3.63) is 35.2 Å². The van der Waals surface area contributed by atoms with E-state index in [1.54, 1.807) is 19.2 Å². The van der Waals surface area contributed by atoms with Crippen LogP contribution in [0, 0.1) is 0 Å². The minimum absolute atomic E-state index is 0. The second kappa shape index (κ2) is 7.55. The Balaban J connectivity index is 0.00000162. The van der Waals surface area contributed by atoms with Crippen molar-refractivity contribution in [1.29, 1.82) is 0 Å². The molecule has 2 rings (SSSR count). The number of hydrogen-bond donors (Lipinski definition) is 2. The van der Waals surface area contributed by atoms with Crippen molar-refractivity contribution < 1.29 is 4.79 Å². The molecular weight excluding hydrogens is 311 g/mol. The van der Waals surface area contributed by atoms with Crippen LogP contribution in [0.4, 0.5) is 0 Å². The van der Waals surface area contributed by atoms with Gasteiger partial charge in [0.1, 0.15) is 5.65 Å². The van der Waals surface area contributed by atoms with Crippen molar-refractivity contribution in [2.45, 2.75) is 19.5 Å². The van der Waals surface area contributed by atoms with Gasteiger partial charge >= 0.3 is 0 Å². The Bertz CT molecular complexity index is 556. The zero-order valence-electron chi connectivity index (χ0n) is 10.2. The number of carbonyl (C=O) groups excluding carboxylic acids is 1. The molecule has 1 amide bonds. The monoisotopic (exact) mass is 324 g/mol. The molecule has 0 bridgehead atoms. The molecule has 0 unspecified atom stereocenters. The van der Waals surface area contributed by atoms with Gasteiger partial charge in [0.05, 0.1) is 23.3 Å². The number of hydrogen-bond acceptors (Lipinski definition) is 3. The molecular formula is C11H15Cl3N4O. The Morgan fingerprint density at radius 2 is 2.16 bits per heavy atom. The molecule has 0 aliphatic rings. The van der Waals surface area contributed by atoms with Gasteiger partial charge in [-0.2, -0.15) is 0 Å². The molecule has 0 saturated heterocycles. The number of nitrogens with zero attached hydrogens (tertiary/aromatic N) is 2. The van der Waals surface area contributed by atoms with Gasteiger partial charge in [-0.3, -0.25) is 4.79 Å². The van der Waals surface area contributed by atoms with Crippen LogP contribution in [0.2, 0.25) is 5.02 Å². The summed E-state index contributed by atoms with van der Waals surface area (Å²) in [6.07, 6.45) is 3.59. The lowest BCUT2D eigenvalue weighted by atomic mass is 10.3. The topological polar surface area (TPSA) is 72.4 Å². The molecule has 0 radical (unpaired) electrons. The molecule has 0 spiro atoms. The number of imidazole rings is 1. The lowest BCUT2D eigenvalue weighted by molar-refractivity contribution is -0.122. The van der Waals surface area contributed by atoms with Crippen LogP contribution in [-0.2, 0) is 11.3 Å². The third kappa shape index (κ3) is 4.54. The number of nitrogens with two attached hydrogens (primary N) is 1. The lowest BCUT2D eigenvalue weighted by Gasteiger charge is -2.04. The Morgan fingerprint density at radius 3 is 2.79 bits per heavy atom. The number of aromatic nitrogens is 2. The number of carbonyl (C=O) groups is 1. The van der Waals surface area contributed by atoms with Gasteiger partial charge in [-0.05, 0) is 19.1 Å². The van der Waals surface area contributed by atoms with E-state index in [-0.39, 0.29) is 30.7 Å². The van der Waals surface area contributed by atoms with Crippen LogP contribution >= 0.6 is 36.4 Å². The SMILES string of the molecule is C[C@@H](N)C(=O)NCc1cn2cc(Cl)ccc2n1.Cl.Cl. The molecule has 0 fully saturated rings. The van der Waals surface area contributed by atoms with E-state index >= 15 is 0 Å². The van der Waals surface area contributed by atoms with Crippen molar-refractivity contribution in [1.82, 2.24) is 14.7 Å². The summed E-state index contributed by atoms with van der Waals surface area (Å²) in [6, 6.07) is 3.08. The van der Waals surface area contributed by atoms with Crippen LogP contribution in [0.1, 0.15) is 12.6 Å². The average molecular weight is 326 g/mol. The summed E-state index contributed by atoms with van der Waals surface area (Å²) < 4.78 is 1.82. The number of nitrogens with one attached hydrogen (secondary N) is 1. The molecule has 0 aliphatic heterocycles. The summed E-state index contributed by atoms with van der Waals surface area (Å²) in [5.41, 5.74) is 7.00. The standard InChI is InChI=1S/C11H13ClN4O.2ClH/c1-7(13)11(17)14-4-9-6-16-5-8(12)2-3-10(16)15-9;;/h2-3,5-7H,4,13H2,1H3,(H,14,17);2*1H/t7-;;/m1../s1. The van der Waals surface area contributed by atoms with Gasteiger partial charge in [0, 0.05) is 12.4 Å². The van der Waals surface area contributed by atoms with E-state index in [1.165, 1.54) is 0 Å². The molecule has 8 heteroatoms. The van der Waals surface area contributed by atoms with E-state index in [0.29, 0.717) is 11.6 Å². The highest BCUT2D eigenvalue weighted by atomic mass is 35.5. The van der Waals surface area contributed by atoms with Crippen molar-refractivity contribution >= 4 is 48.0 Å². The first-order valence-corrected chi connectivity index (χ1v) is 5.60. The van der Waals surface area contributed by atoms with E-state index in [4.69, 9.17) is 17.3 Å². The molecule has 0 aromatic carbocycles. The van der Waals surface area contributed by atoms with Crippen molar-refractivity contribution in [3.8, 4) is 0 Å². The molecule has 5 nitrogen and oxygen atoms in total. The second-order valence-corrected chi connectivity index (χ2v) is 4.29. The summed E-state index contributed by atoms with van der Waals surface area (Å²) in [5.74, 6) is -0.194. The summed E-state index contributed by atoms with van der Waals surface area (Å²) in [6.45, 7) is 2.00. The average Bonchev–Trinajstić information content (AvgIpc) is 2.67. The zero-order chi connectivity index (χ0) is 12.4. The Hall–Kier alpha value is -1.01. The van der Waals surface area contributed by atoms with Crippen molar-refractivity contribution in [2.75, 3.05) is 0 Å². The lowest BCUT2D eigenvalue weighted by Crippen LogP contribution is -2.37. The van der Waals surface area contributed by atoms with Gasteiger partial charge in [0.15, 0.2) is 0 Å². The van der Waals surface area contributed by atoms with E-state index in [9.17, 15) is 4.79 Å². The second-order valence-electron chi connectivity index (χ2n) is 3.85. The molecule has 0 saturated carbocycles. The zero-order valence-corrected chi connectivity index (χ0v) is 12.6. The number of halogens is 3. The highest BCUT2D eigenvalue weighted by molar-refractivity contribution is 6.30. The Kier molecular flexibility index (Phi) is 7.15. The minimum Gasteiger partial charge on any atom is -0.349 e. The maximum atomic E-state index is 11.3. The van der Waals surface area contributed by atoms with E-state index in [1.807, 2.05) is 16.7 Å². The van der Waals surface area contributed by atoms with Gasteiger partial charge in [0.25, 0.3) is 0 Å². The summed E-state index contributed by atoms with van der Waals surface area (Å²) in [7, 11) is 0. The molecule has 19 heavy (non-hydrogen) atoms. The quantitative estimate of drug-likeness (QED) is 0.904. The van der Waals surface area contributed by atoms with E-state index in [0.717, 1.165) is 11.3 Å². The summed E-state index contributed by atoms with van der Waals surface area (Å²) in [5, 5.41) is 3.34. The van der Waals surface area contributed by atoms with Crippen LogP contribution in [0.15, 0.2) is 24.5 Å². The molecule has 2 heterocycles. The van der Waals surface area contributed by atoms with Gasteiger partial charge < -0.3 is 15.5 Å². The van der Waals surface area contributed by atoms with Crippen LogP contribution < -0.4 is 11.1 Å². The predicted octanol–water partition coefficient (Wildman–Crippen LogP) is 1.79. The number of rotatable bonds is 3. The van der Waals surface area contributed by atoms with Crippen LogP contribution in [0.25, 0.3) is 5.65 Å². The molecule has 1 atom stereocenters. The third-order valence-electron chi connectivity index (χ3n) is 2.32. The largest absolute Gasteiger partial charge is 0.349 e. The fourth-order valence-electron chi connectivity index (χ4n) is 1.44. The maximum Gasteiger partial charge on any atom is 0.236 e. The molecule has 3 N–H and O–H groups in total. The van der Waals surface area contributed by atoms with Gasteiger partial charge in [0.2, 0.25) is 5.91 Å². The van der Waals surface area contributed by atoms with E-state index in [2.05, 4.69) is 10.3 Å². The normalized spacial score (nSPS) is 11.3. The minimum atomic E-state index is -0.513. The molecule has 106 valence electrons. The van der Waals surface area contributed by atoms with Crippen LogP contribution in [0.5, 0.6) is 0 Å².